The van der Waals surface area contributed by atoms with Crippen molar-refractivity contribution in [3.05, 3.63) is 114 Å². The molecule has 0 atom stereocenters. The lowest BCUT2D eigenvalue weighted by molar-refractivity contribution is 0.168. The number of hydrogen-bond donors (Lipinski definition) is 3. The van der Waals surface area contributed by atoms with Crippen LogP contribution in [0.4, 0.5) is 16.2 Å². The summed E-state index contributed by atoms with van der Waals surface area (Å²) in [6.07, 6.45) is -0.497. The van der Waals surface area contributed by atoms with Gasteiger partial charge in [-0.2, -0.15) is 0 Å². The van der Waals surface area contributed by atoms with E-state index in [9.17, 15) is 4.79 Å². The zero-order valence-corrected chi connectivity index (χ0v) is 19.4. The predicted molar refractivity (Wildman–Crippen MR) is 141 cm³/mol. The maximum absolute atomic E-state index is 12.2. The van der Waals surface area contributed by atoms with Crippen LogP contribution in [0.25, 0.3) is 22.4 Å². The fourth-order valence-corrected chi connectivity index (χ4v) is 4.12. The van der Waals surface area contributed by atoms with Crippen molar-refractivity contribution in [1.82, 2.24) is 9.97 Å². The van der Waals surface area contributed by atoms with Crippen molar-refractivity contribution < 1.29 is 9.53 Å². The molecule has 5 rings (SSSR count). The Morgan fingerprint density at radius 1 is 0.886 bits per heavy atom. The van der Waals surface area contributed by atoms with Crippen LogP contribution in [0.3, 0.4) is 0 Å². The SMILES string of the molecule is CCOC(=O)Nc1cc(NC(c2ccccc2)c2ccccc2)c2nc(-c3ccccc3)[nH]c2c1. The standard InChI is InChI=1S/C29H26N4O2/c1-2-35-29(34)30-23-18-24(27-25(19-23)32-28(33-27)22-16-10-5-11-17-22)31-26(20-12-6-3-7-13-20)21-14-8-4-9-15-21/h3-19,26,31H,2H2,1H3,(H,30,34)(H,32,33). The van der Waals surface area contributed by atoms with Crippen LogP contribution in [-0.4, -0.2) is 22.7 Å². The van der Waals surface area contributed by atoms with Gasteiger partial charge in [0.25, 0.3) is 0 Å². The first kappa shape index (κ1) is 22.2. The average molecular weight is 463 g/mol. The van der Waals surface area contributed by atoms with Crippen LogP contribution in [0.15, 0.2) is 103 Å². The van der Waals surface area contributed by atoms with E-state index in [0.29, 0.717) is 12.3 Å². The Morgan fingerprint density at radius 2 is 1.49 bits per heavy atom. The molecule has 0 saturated carbocycles. The molecule has 4 aromatic carbocycles. The molecular weight excluding hydrogens is 436 g/mol. The number of ether oxygens (including phenoxy) is 1. The summed E-state index contributed by atoms with van der Waals surface area (Å²) in [6, 6.07) is 34.2. The summed E-state index contributed by atoms with van der Waals surface area (Å²) < 4.78 is 5.10. The molecule has 0 bridgehead atoms. The van der Waals surface area contributed by atoms with Crippen molar-refractivity contribution in [3.8, 4) is 11.4 Å². The molecular formula is C29H26N4O2. The summed E-state index contributed by atoms with van der Waals surface area (Å²) in [5.41, 5.74) is 6.23. The van der Waals surface area contributed by atoms with Crippen molar-refractivity contribution in [2.45, 2.75) is 13.0 Å². The first-order valence-corrected chi connectivity index (χ1v) is 11.6. The third kappa shape index (κ3) is 5.01. The lowest BCUT2D eigenvalue weighted by Crippen LogP contribution is -2.15. The molecule has 0 spiro atoms. The van der Waals surface area contributed by atoms with Crippen molar-refractivity contribution in [2.75, 3.05) is 17.2 Å². The highest BCUT2D eigenvalue weighted by Gasteiger charge is 2.18. The maximum atomic E-state index is 12.2. The molecule has 0 unspecified atom stereocenters. The summed E-state index contributed by atoms with van der Waals surface area (Å²) in [5, 5.41) is 6.52. The Labute approximate surface area is 204 Å². The Bertz CT molecular complexity index is 1380. The van der Waals surface area contributed by atoms with Gasteiger partial charge in [0.2, 0.25) is 0 Å². The molecule has 35 heavy (non-hydrogen) atoms. The smallest absolute Gasteiger partial charge is 0.411 e. The van der Waals surface area contributed by atoms with Crippen LogP contribution in [0.1, 0.15) is 24.1 Å². The molecule has 6 heteroatoms. The van der Waals surface area contributed by atoms with Crippen molar-refractivity contribution in [2.24, 2.45) is 0 Å². The van der Waals surface area contributed by atoms with Gasteiger partial charge in [-0.15, -0.1) is 0 Å². The Morgan fingerprint density at radius 3 is 2.09 bits per heavy atom. The number of aromatic nitrogens is 2. The normalized spacial score (nSPS) is 10.9. The molecule has 5 aromatic rings. The molecule has 0 radical (unpaired) electrons. The summed E-state index contributed by atoms with van der Waals surface area (Å²) >= 11 is 0. The number of rotatable bonds is 7. The van der Waals surface area contributed by atoms with Gasteiger partial charge in [-0.1, -0.05) is 91.0 Å². The summed E-state index contributed by atoms with van der Waals surface area (Å²) in [7, 11) is 0. The van der Waals surface area contributed by atoms with Gasteiger partial charge in [0.15, 0.2) is 0 Å². The number of fused-ring (bicyclic) bond motifs is 1. The van der Waals surface area contributed by atoms with E-state index in [4.69, 9.17) is 9.72 Å². The van der Waals surface area contributed by atoms with Crippen LogP contribution >= 0.6 is 0 Å². The molecule has 0 aliphatic rings. The van der Waals surface area contributed by atoms with Gasteiger partial charge in [0.1, 0.15) is 11.3 Å². The number of hydrogen-bond acceptors (Lipinski definition) is 4. The number of H-pyrrole nitrogens is 1. The third-order valence-electron chi connectivity index (χ3n) is 5.72. The number of imidazole rings is 1. The average Bonchev–Trinajstić information content (AvgIpc) is 3.33. The minimum absolute atomic E-state index is 0.115. The lowest BCUT2D eigenvalue weighted by atomic mass is 9.98. The second-order valence-electron chi connectivity index (χ2n) is 8.12. The van der Waals surface area contributed by atoms with E-state index in [0.717, 1.165) is 39.2 Å². The van der Waals surface area contributed by atoms with Gasteiger partial charge in [-0.3, -0.25) is 5.32 Å². The zero-order chi connectivity index (χ0) is 24.0. The van der Waals surface area contributed by atoms with Gasteiger partial charge < -0.3 is 15.0 Å². The van der Waals surface area contributed by atoms with Gasteiger partial charge in [0.05, 0.1) is 23.9 Å². The maximum Gasteiger partial charge on any atom is 0.411 e. The van der Waals surface area contributed by atoms with Crippen LogP contribution in [0.5, 0.6) is 0 Å². The van der Waals surface area contributed by atoms with E-state index >= 15 is 0 Å². The second kappa shape index (κ2) is 10.1. The number of aromatic amines is 1. The highest BCUT2D eigenvalue weighted by Crippen LogP contribution is 2.34. The number of nitrogens with one attached hydrogen (secondary N) is 3. The van der Waals surface area contributed by atoms with Gasteiger partial charge in [0, 0.05) is 11.3 Å². The van der Waals surface area contributed by atoms with E-state index in [1.165, 1.54) is 0 Å². The largest absolute Gasteiger partial charge is 0.450 e. The van der Waals surface area contributed by atoms with Crippen molar-refractivity contribution in [3.63, 3.8) is 0 Å². The molecule has 0 aliphatic carbocycles. The molecule has 0 saturated heterocycles. The minimum Gasteiger partial charge on any atom is -0.450 e. The number of nitrogens with zero attached hydrogens (tertiary/aromatic N) is 1. The quantitative estimate of drug-likeness (QED) is 0.243. The fraction of sp³-hybridized carbons (Fsp3) is 0.103. The summed E-state index contributed by atoms with van der Waals surface area (Å²) in [6.45, 7) is 2.08. The number of carbonyl (C=O) groups is 1. The highest BCUT2D eigenvalue weighted by atomic mass is 16.5. The van der Waals surface area contributed by atoms with Crippen molar-refractivity contribution >= 4 is 28.5 Å². The minimum atomic E-state index is -0.497. The Balaban J connectivity index is 1.62. The first-order chi connectivity index (χ1) is 17.2. The monoisotopic (exact) mass is 462 g/mol. The van der Waals surface area contributed by atoms with Crippen LogP contribution in [0.2, 0.25) is 0 Å². The molecule has 0 fully saturated rings. The molecule has 1 amide bonds. The molecule has 3 N–H and O–H groups in total. The third-order valence-corrected chi connectivity index (χ3v) is 5.72. The second-order valence-corrected chi connectivity index (χ2v) is 8.12. The first-order valence-electron chi connectivity index (χ1n) is 11.6. The highest BCUT2D eigenvalue weighted by molar-refractivity contribution is 5.97. The number of amides is 1. The Hall–Kier alpha value is -4.58. The predicted octanol–water partition coefficient (Wildman–Crippen LogP) is 7.00. The Kier molecular flexibility index (Phi) is 6.44. The van der Waals surface area contributed by atoms with E-state index < -0.39 is 6.09 Å². The molecule has 174 valence electrons. The van der Waals surface area contributed by atoms with Gasteiger partial charge >= 0.3 is 6.09 Å². The van der Waals surface area contributed by atoms with Crippen LogP contribution in [-0.2, 0) is 4.74 Å². The van der Waals surface area contributed by atoms with Gasteiger partial charge in [-0.05, 0) is 30.2 Å². The van der Waals surface area contributed by atoms with Crippen LogP contribution < -0.4 is 10.6 Å². The van der Waals surface area contributed by atoms with E-state index in [1.54, 1.807) is 6.92 Å². The topological polar surface area (TPSA) is 79.0 Å². The number of benzene rings is 4. The molecule has 1 heterocycles. The molecule has 6 nitrogen and oxygen atoms in total. The van der Waals surface area contributed by atoms with Crippen molar-refractivity contribution in [1.29, 1.82) is 0 Å². The lowest BCUT2D eigenvalue weighted by Gasteiger charge is -2.22. The zero-order valence-electron chi connectivity index (χ0n) is 19.4. The van der Waals surface area contributed by atoms with Crippen LogP contribution in [0, 0.1) is 0 Å². The van der Waals surface area contributed by atoms with E-state index in [1.807, 2.05) is 78.9 Å². The summed E-state index contributed by atoms with van der Waals surface area (Å²) in [4.78, 5) is 20.5. The molecule has 0 aliphatic heterocycles. The number of anilines is 2. The number of carbonyl (C=O) groups excluding carboxylic acids is 1. The summed E-state index contributed by atoms with van der Waals surface area (Å²) in [5.74, 6) is 0.757. The molecule has 1 aromatic heterocycles. The van der Waals surface area contributed by atoms with E-state index in [2.05, 4.69) is 39.9 Å². The fourth-order valence-electron chi connectivity index (χ4n) is 4.12. The van der Waals surface area contributed by atoms with E-state index in [-0.39, 0.29) is 6.04 Å². The van der Waals surface area contributed by atoms with Gasteiger partial charge in [-0.25, -0.2) is 9.78 Å².